The van der Waals surface area contributed by atoms with Crippen LogP contribution < -0.4 is 20.1 Å². The van der Waals surface area contributed by atoms with E-state index in [1.54, 1.807) is 24.3 Å². The first-order valence-corrected chi connectivity index (χ1v) is 9.39. The molecule has 8 nitrogen and oxygen atoms in total. The van der Waals surface area contributed by atoms with E-state index in [0.29, 0.717) is 46.4 Å². The van der Waals surface area contributed by atoms with Gasteiger partial charge in [-0.2, -0.15) is 5.26 Å². The summed E-state index contributed by atoms with van der Waals surface area (Å²) in [5.41, 5.74) is 1.33. The van der Waals surface area contributed by atoms with Crippen LogP contribution in [-0.4, -0.2) is 45.8 Å². The van der Waals surface area contributed by atoms with E-state index >= 15 is 0 Å². The third-order valence-corrected chi connectivity index (χ3v) is 4.21. The van der Waals surface area contributed by atoms with Crippen molar-refractivity contribution in [2.24, 2.45) is 0 Å². The van der Waals surface area contributed by atoms with Gasteiger partial charge in [0.25, 0.3) is 11.8 Å². The van der Waals surface area contributed by atoms with Gasteiger partial charge in [-0.3, -0.25) is 9.59 Å². The lowest BCUT2D eigenvalue weighted by atomic mass is 10.1. The van der Waals surface area contributed by atoms with Crippen LogP contribution in [0, 0.1) is 11.3 Å². The molecule has 0 radical (unpaired) electrons. The third-order valence-electron chi connectivity index (χ3n) is 3.99. The lowest BCUT2D eigenvalue weighted by Crippen LogP contribution is -2.31. The molecule has 0 aromatic heterocycles. The summed E-state index contributed by atoms with van der Waals surface area (Å²) in [6, 6.07) is 11.5. The first kappa shape index (κ1) is 23.0. The number of carbonyl (C=O) groups excluding carboxylic acids is 2. The fraction of sp³-hybridized carbons (Fsp3) is 0.286. The smallest absolute Gasteiger partial charge is 0.258 e. The van der Waals surface area contributed by atoms with Crippen LogP contribution >= 0.6 is 11.6 Å². The standard InChI is InChI=1S/C21H22ClN3O5/c1-28-6-5-24-20(26)13-30-19-7-14(11-23)3-4-15(19)12-25-21(27)16-8-17(22)10-18(9-16)29-2/h3-4,7-10H,5-6,12-13H2,1-2H3,(H,24,26)(H,25,27). The average molecular weight is 432 g/mol. The minimum atomic E-state index is -0.358. The number of nitrogens with zero attached hydrogens (tertiary/aromatic N) is 1. The summed E-state index contributed by atoms with van der Waals surface area (Å²) in [7, 11) is 3.02. The van der Waals surface area contributed by atoms with Crippen molar-refractivity contribution in [3.63, 3.8) is 0 Å². The van der Waals surface area contributed by atoms with Gasteiger partial charge in [-0.1, -0.05) is 17.7 Å². The number of nitriles is 1. The van der Waals surface area contributed by atoms with Crippen LogP contribution in [0.4, 0.5) is 0 Å². The molecule has 0 spiro atoms. The molecule has 0 aliphatic heterocycles. The van der Waals surface area contributed by atoms with Crippen LogP contribution in [0.15, 0.2) is 36.4 Å². The average Bonchev–Trinajstić information content (AvgIpc) is 2.75. The van der Waals surface area contributed by atoms with Gasteiger partial charge < -0.3 is 24.8 Å². The predicted molar refractivity (Wildman–Crippen MR) is 111 cm³/mol. The van der Waals surface area contributed by atoms with Crippen LogP contribution in [0.2, 0.25) is 5.02 Å². The molecule has 0 saturated carbocycles. The number of hydrogen-bond acceptors (Lipinski definition) is 6. The molecule has 0 heterocycles. The topological polar surface area (TPSA) is 110 Å². The van der Waals surface area contributed by atoms with E-state index in [-0.39, 0.29) is 25.0 Å². The second-order valence-corrected chi connectivity index (χ2v) is 6.56. The molecule has 30 heavy (non-hydrogen) atoms. The Morgan fingerprint density at radius 3 is 2.63 bits per heavy atom. The zero-order chi connectivity index (χ0) is 21.9. The Hall–Kier alpha value is -3.28. The fourth-order valence-electron chi connectivity index (χ4n) is 2.48. The zero-order valence-electron chi connectivity index (χ0n) is 16.7. The van der Waals surface area contributed by atoms with Crippen LogP contribution in [0.1, 0.15) is 21.5 Å². The van der Waals surface area contributed by atoms with Crippen molar-refractivity contribution in [1.29, 1.82) is 5.26 Å². The normalized spacial score (nSPS) is 10.1. The van der Waals surface area contributed by atoms with E-state index in [1.165, 1.54) is 26.4 Å². The number of hydrogen-bond donors (Lipinski definition) is 2. The van der Waals surface area contributed by atoms with Gasteiger partial charge in [-0.05, 0) is 30.3 Å². The second-order valence-electron chi connectivity index (χ2n) is 6.13. The molecule has 2 amide bonds. The molecular weight excluding hydrogens is 410 g/mol. The van der Waals surface area contributed by atoms with Gasteiger partial charge in [0.1, 0.15) is 11.5 Å². The minimum Gasteiger partial charge on any atom is -0.497 e. The van der Waals surface area contributed by atoms with Crippen LogP contribution in [0.3, 0.4) is 0 Å². The summed E-state index contributed by atoms with van der Waals surface area (Å²) in [4.78, 5) is 24.3. The highest BCUT2D eigenvalue weighted by Crippen LogP contribution is 2.22. The Morgan fingerprint density at radius 2 is 1.93 bits per heavy atom. The summed E-state index contributed by atoms with van der Waals surface area (Å²) in [5, 5.41) is 14.9. The Bertz CT molecular complexity index is 943. The molecular formula is C21H22ClN3O5. The van der Waals surface area contributed by atoms with Gasteiger partial charge in [0.2, 0.25) is 0 Å². The highest BCUT2D eigenvalue weighted by molar-refractivity contribution is 6.31. The molecule has 2 N–H and O–H groups in total. The summed E-state index contributed by atoms with van der Waals surface area (Å²) in [5.74, 6) is 0.119. The highest BCUT2D eigenvalue weighted by atomic mass is 35.5. The Balaban J connectivity index is 2.06. The van der Waals surface area contributed by atoms with Gasteiger partial charge in [-0.25, -0.2) is 0 Å². The quantitative estimate of drug-likeness (QED) is 0.558. The SMILES string of the molecule is COCCNC(=O)COc1cc(C#N)ccc1CNC(=O)c1cc(Cl)cc(OC)c1. The summed E-state index contributed by atoms with van der Waals surface area (Å²) in [6.07, 6.45) is 0. The number of halogens is 1. The molecule has 0 aliphatic rings. The van der Waals surface area contributed by atoms with E-state index in [2.05, 4.69) is 10.6 Å². The van der Waals surface area contributed by atoms with Gasteiger partial charge in [0.15, 0.2) is 6.61 Å². The lowest BCUT2D eigenvalue weighted by Gasteiger charge is -2.13. The Kier molecular flexibility index (Phi) is 8.94. The fourth-order valence-corrected chi connectivity index (χ4v) is 2.71. The molecule has 158 valence electrons. The molecule has 2 aromatic rings. The van der Waals surface area contributed by atoms with Crippen LogP contribution in [0.5, 0.6) is 11.5 Å². The molecule has 0 fully saturated rings. The lowest BCUT2D eigenvalue weighted by molar-refractivity contribution is -0.123. The maximum Gasteiger partial charge on any atom is 0.258 e. The minimum absolute atomic E-state index is 0.125. The van der Waals surface area contributed by atoms with Crippen molar-refractivity contribution < 1.29 is 23.8 Å². The van der Waals surface area contributed by atoms with Gasteiger partial charge in [0, 0.05) is 36.3 Å². The van der Waals surface area contributed by atoms with Gasteiger partial charge in [0.05, 0.1) is 25.3 Å². The van der Waals surface area contributed by atoms with Crippen LogP contribution in [-0.2, 0) is 16.1 Å². The Labute approximate surface area is 179 Å². The molecule has 9 heteroatoms. The van der Waals surface area contributed by atoms with Gasteiger partial charge in [-0.15, -0.1) is 0 Å². The van der Waals surface area contributed by atoms with Crippen molar-refractivity contribution in [3.05, 3.63) is 58.1 Å². The number of ether oxygens (including phenoxy) is 3. The van der Waals surface area contributed by atoms with E-state index in [9.17, 15) is 9.59 Å². The van der Waals surface area contributed by atoms with E-state index in [0.717, 1.165) is 0 Å². The van der Waals surface area contributed by atoms with Crippen molar-refractivity contribution in [3.8, 4) is 17.6 Å². The molecule has 0 aliphatic carbocycles. The van der Waals surface area contributed by atoms with Crippen molar-refractivity contribution in [2.45, 2.75) is 6.54 Å². The largest absolute Gasteiger partial charge is 0.497 e. The van der Waals surface area contributed by atoms with Crippen molar-refractivity contribution in [2.75, 3.05) is 34.0 Å². The Morgan fingerprint density at radius 1 is 1.13 bits per heavy atom. The third kappa shape index (κ3) is 6.95. The predicted octanol–water partition coefficient (Wildman–Crippen LogP) is 2.29. The molecule has 0 saturated heterocycles. The monoisotopic (exact) mass is 431 g/mol. The zero-order valence-corrected chi connectivity index (χ0v) is 17.4. The number of carbonyl (C=O) groups is 2. The van der Waals surface area contributed by atoms with Crippen molar-refractivity contribution in [1.82, 2.24) is 10.6 Å². The van der Waals surface area contributed by atoms with Crippen LogP contribution in [0.25, 0.3) is 0 Å². The maximum atomic E-state index is 12.5. The molecule has 2 aromatic carbocycles. The van der Waals surface area contributed by atoms with E-state index in [4.69, 9.17) is 31.1 Å². The summed E-state index contributed by atoms with van der Waals surface area (Å²) < 4.78 is 15.6. The second kappa shape index (κ2) is 11.7. The highest BCUT2D eigenvalue weighted by Gasteiger charge is 2.12. The first-order chi connectivity index (χ1) is 14.5. The number of methoxy groups -OCH3 is 2. The van der Waals surface area contributed by atoms with E-state index in [1.807, 2.05) is 6.07 Å². The first-order valence-electron chi connectivity index (χ1n) is 9.01. The van der Waals surface area contributed by atoms with Gasteiger partial charge >= 0.3 is 0 Å². The molecule has 0 atom stereocenters. The summed E-state index contributed by atoms with van der Waals surface area (Å²) >= 11 is 6.01. The molecule has 0 unspecified atom stereocenters. The number of benzene rings is 2. The molecule has 2 rings (SSSR count). The van der Waals surface area contributed by atoms with Crippen molar-refractivity contribution >= 4 is 23.4 Å². The molecule has 0 bridgehead atoms. The number of amides is 2. The van der Waals surface area contributed by atoms with E-state index < -0.39 is 0 Å². The number of nitrogens with one attached hydrogen (secondary N) is 2. The summed E-state index contributed by atoms with van der Waals surface area (Å²) in [6.45, 7) is 0.648. The maximum absolute atomic E-state index is 12.5. The number of rotatable bonds is 10.